The Morgan fingerprint density at radius 1 is 1.41 bits per heavy atom. The quantitative estimate of drug-likeness (QED) is 0.828. The lowest BCUT2D eigenvalue weighted by Gasteiger charge is -2.17. The third-order valence-corrected chi connectivity index (χ3v) is 8.73. The summed E-state index contributed by atoms with van der Waals surface area (Å²) in [5.41, 5.74) is 0.0327. The fourth-order valence-corrected chi connectivity index (χ4v) is 6.63. The van der Waals surface area contributed by atoms with Gasteiger partial charge in [-0.1, -0.05) is 30.1 Å². The molecule has 0 aromatic carbocycles. The van der Waals surface area contributed by atoms with Crippen LogP contribution < -0.4 is 5.44 Å². The Hall–Kier alpha value is 0.450. The van der Waals surface area contributed by atoms with E-state index in [9.17, 15) is 9.79 Å². The summed E-state index contributed by atoms with van der Waals surface area (Å²) in [5.74, 6) is 0.485. The van der Waals surface area contributed by atoms with E-state index < -0.39 is 16.8 Å². The van der Waals surface area contributed by atoms with Gasteiger partial charge in [-0.3, -0.25) is 4.68 Å². The number of nitrogens with zero attached hydrogens (tertiary/aromatic N) is 2. The highest BCUT2D eigenvalue weighted by Gasteiger charge is 2.28. The van der Waals surface area contributed by atoms with Crippen molar-refractivity contribution in [3.05, 3.63) is 10.2 Å². The number of halogens is 2. The maximum atomic E-state index is 10.2. The summed E-state index contributed by atoms with van der Waals surface area (Å²) < 4.78 is 6.65. The van der Waals surface area contributed by atoms with Crippen LogP contribution >= 0.6 is 29.7 Å². The Morgan fingerprint density at radius 3 is 2.35 bits per heavy atom. The van der Waals surface area contributed by atoms with Gasteiger partial charge in [0.2, 0.25) is 6.49 Å². The summed E-state index contributed by atoms with van der Waals surface area (Å²) in [6, 6.07) is 0. The topological polar surface area (TPSA) is 67.5 Å². The van der Waals surface area contributed by atoms with Crippen molar-refractivity contribution in [1.82, 2.24) is 9.78 Å². The van der Waals surface area contributed by atoms with Crippen LogP contribution in [0.4, 0.5) is 0 Å². The molecular formula is C8H15Cl2N2O3PS. The maximum absolute atomic E-state index is 10.2. The first kappa shape index (κ1) is 15.5. The lowest BCUT2D eigenvalue weighted by atomic mass is 10.7. The first-order chi connectivity index (χ1) is 7.86. The van der Waals surface area contributed by atoms with E-state index >= 15 is 0 Å². The fourth-order valence-electron chi connectivity index (χ4n) is 1.22. The van der Waals surface area contributed by atoms with Gasteiger partial charge in [-0.25, -0.2) is 0 Å². The Bertz CT molecular complexity index is 472. The van der Waals surface area contributed by atoms with Crippen molar-refractivity contribution in [2.75, 3.05) is 12.4 Å². The SMILES string of the molecule is CCOS(CC)=P(O)(O)c1nn(C)c(Cl)c1Cl. The van der Waals surface area contributed by atoms with Gasteiger partial charge in [0, 0.05) is 12.8 Å². The summed E-state index contributed by atoms with van der Waals surface area (Å²) in [4.78, 5) is 20.5. The molecule has 5 nitrogen and oxygen atoms in total. The number of aryl methyl sites for hydroxylation is 1. The third kappa shape index (κ3) is 3.07. The summed E-state index contributed by atoms with van der Waals surface area (Å²) in [7, 11) is 0.591. The van der Waals surface area contributed by atoms with Crippen molar-refractivity contribution >= 4 is 45.5 Å². The van der Waals surface area contributed by atoms with Crippen LogP contribution in [0.3, 0.4) is 0 Å². The number of aromatic nitrogens is 2. The Kier molecular flexibility index (Phi) is 5.53. The summed E-state index contributed by atoms with van der Waals surface area (Å²) in [6.07, 6.45) is 0. The molecule has 0 spiro atoms. The predicted octanol–water partition coefficient (Wildman–Crippen LogP) is 1.69. The first-order valence-corrected chi connectivity index (χ1v) is 9.31. The van der Waals surface area contributed by atoms with Gasteiger partial charge in [-0.2, -0.15) is 5.10 Å². The zero-order valence-corrected chi connectivity index (χ0v) is 12.9. The van der Waals surface area contributed by atoms with Crippen molar-refractivity contribution in [3.63, 3.8) is 0 Å². The minimum atomic E-state index is -3.51. The second kappa shape index (κ2) is 6.06. The van der Waals surface area contributed by atoms with Crippen LogP contribution in [0.2, 0.25) is 10.2 Å². The molecular weight excluding hydrogens is 306 g/mol. The van der Waals surface area contributed by atoms with Gasteiger partial charge >= 0.3 is 0 Å². The van der Waals surface area contributed by atoms with Gasteiger partial charge < -0.3 is 14.0 Å². The van der Waals surface area contributed by atoms with Crippen LogP contribution in [-0.4, -0.2) is 31.9 Å². The standard InChI is InChI=1S/C8H15Cl2N2O3PS/c1-4-15-17(5-2)16(13,14)8-6(9)7(10)12(3)11-8/h13-14H,4-5H2,1-3H3. The van der Waals surface area contributed by atoms with E-state index in [-0.39, 0.29) is 15.6 Å². The molecule has 1 heterocycles. The van der Waals surface area contributed by atoms with Gasteiger partial charge in [-0.15, -0.1) is 0 Å². The van der Waals surface area contributed by atoms with Crippen LogP contribution in [0.15, 0.2) is 0 Å². The lowest BCUT2D eigenvalue weighted by Crippen LogP contribution is -2.15. The molecule has 0 radical (unpaired) electrons. The molecule has 0 amide bonds. The average Bonchev–Trinajstić information content (AvgIpc) is 2.54. The van der Waals surface area contributed by atoms with Gasteiger partial charge in [0.05, 0.1) is 6.61 Å². The zero-order chi connectivity index (χ0) is 13.2. The maximum Gasteiger partial charge on any atom is 0.220 e. The van der Waals surface area contributed by atoms with Crippen molar-refractivity contribution in [2.24, 2.45) is 7.05 Å². The van der Waals surface area contributed by atoms with Gasteiger partial charge in [-0.05, 0) is 17.3 Å². The Labute approximate surface area is 113 Å². The molecule has 1 rings (SSSR count). The molecule has 0 aliphatic heterocycles. The largest absolute Gasteiger partial charge is 0.343 e. The normalized spacial score (nSPS) is 14.1. The number of hydrogen-bond acceptors (Lipinski definition) is 2. The molecule has 100 valence electrons. The first-order valence-electron chi connectivity index (χ1n) is 4.94. The van der Waals surface area contributed by atoms with E-state index in [1.54, 1.807) is 14.0 Å². The van der Waals surface area contributed by atoms with Crippen molar-refractivity contribution in [2.45, 2.75) is 13.8 Å². The second-order valence-corrected chi connectivity index (χ2v) is 9.57. The molecule has 0 bridgehead atoms. The minimum absolute atomic E-state index is 0.0327. The highest BCUT2D eigenvalue weighted by Crippen LogP contribution is 2.44. The molecule has 0 aliphatic carbocycles. The fraction of sp³-hybridized carbons (Fsp3) is 0.625. The van der Waals surface area contributed by atoms with Crippen molar-refractivity contribution in [1.29, 1.82) is 0 Å². The van der Waals surface area contributed by atoms with E-state index in [2.05, 4.69) is 5.10 Å². The molecule has 1 aromatic heterocycles. The molecule has 2 N–H and O–H groups in total. The summed E-state index contributed by atoms with van der Waals surface area (Å²) >= 11 is 11.8. The van der Waals surface area contributed by atoms with E-state index in [1.165, 1.54) is 4.68 Å². The third-order valence-electron chi connectivity index (χ3n) is 1.97. The molecule has 17 heavy (non-hydrogen) atoms. The van der Waals surface area contributed by atoms with E-state index in [0.29, 0.717) is 12.4 Å². The van der Waals surface area contributed by atoms with Gasteiger partial charge in [0.1, 0.15) is 10.2 Å². The monoisotopic (exact) mass is 320 g/mol. The van der Waals surface area contributed by atoms with Crippen molar-refractivity contribution < 1.29 is 14.0 Å². The van der Waals surface area contributed by atoms with Crippen LogP contribution in [0.25, 0.3) is 0 Å². The molecule has 0 fully saturated rings. The zero-order valence-electron chi connectivity index (χ0n) is 9.72. The molecule has 1 aromatic rings. The van der Waals surface area contributed by atoms with Crippen LogP contribution in [0.5, 0.6) is 0 Å². The molecule has 0 aliphatic rings. The highest BCUT2D eigenvalue weighted by atomic mass is 35.5. The lowest BCUT2D eigenvalue weighted by molar-refractivity contribution is 0.392. The molecule has 0 saturated carbocycles. The minimum Gasteiger partial charge on any atom is -0.343 e. The smallest absolute Gasteiger partial charge is 0.220 e. The molecule has 1 atom stereocenters. The van der Waals surface area contributed by atoms with E-state index in [4.69, 9.17) is 27.4 Å². The van der Waals surface area contributed by atoms with Crippen LogP contribution in [0, 0.1) is 0 Å². The van der Waals surface area contributed by atoms with Crippen molar-refractivity contribution in [3.8, 4) is 0 Å². The molecule has 1 unspecified atom stereocenters. The number of hydrogen-bond donors (Lipinski definition) is 2. The van der Waals surface area contributed by atoms with Gasteiger partial charge in [0.25, 0.3) is 0 Å². The Balaban J connectivity index is 3.42. The average molecular weight is 321 g/mol. The molecule has 9 heteroatoms. The summed E-state index contributed by atoms with van der Waals surface area (Å²) in [5, 5.41) is 4.23. The van der Waals surface area contributed by atoms with Gasteiger partial charge in [0.15, 0.2) is 5.44 Å². The van der Waals surface area contributed by atoms with Crippen LogP contribution in [-0.2, 0) is 21.6 Å². The van der Waals surface area contributed by atoms with E-state index in [0.717, 1.165) is 0 Å². The number of rotatable bonds is 4. The van der Waals surface area contributed by atoms with E-state index in [1.807, 2.05) is 6.92 Å². The predicted molar refractivity (Wildman–Crippen MR) is 73.8 cm³/mol. The second-order valence-electron chi connectivity index (χ2n) is 3.11. The van der Waals surface area contributed by atoms with Crippen LogP contribution in [0.1, 0.15) is 13.8 Å². The summed E-state index contributed by atoms with van der Waals surface area (Å²) in [6.45, 7) is 0.505. The highest BCUT2D eigenvalue weighted by molar-refractivity contribution is 8.29. The molecule has 0 saturated heterocycles. The Morgan fingerprint density at radius 2 is 2.00 bits per heavy atom.